The van der Waals surface area contributed by atoms with E-state index in [4.69, 9.17) is 5.73 Å². The van der Waals surface area contributed by atoms with E-state index in [1.807, 2.05) is 12.1 Å². The molecule has 1 atom stereocenters. The third kappa shape index (κ3) is 4.72. The normalized spacial score (nSPS) is 13.3. The summed E-state index contributed by atoms with van der Waals surface area (Å²) in [4.78, 5) is 4.40. The molecule has 2 N–H and O–H groups in total. The van der Waals surface area contributed by atoms with Crippen molar-refractivity contribution in [3.05, 3.63) is 35.6 Å². The van der Waals surface area contributed by atoms with Crippen LogP contribution in [0.25, 0.3) is 0 Å². The van der Waals surface area contributed by atoms with E-state index in [2.05, 4.69) is 30.9 Å². The SMILES string of the molecule is CN(C)CCCN(C)C(CN)c1ccc(F)cc1. The molecule has 18 heavy (non-hydrogen) atoms. The maximum absolute atomic E-state index is 12.9. The number of rotatable bonds is 7. The first-order valence-corrected chi connectivity index (χ1v) is 6.35. The van der Waals surface area contributed by atoms with Gasteiger partial charge in [0.15, 0.2) is 0 Å². The molecule has 0 radical (unpaired) electrons. The lowest BCUT2D eigenvalue weighted by Gasteiger charge is -2.27. The molecule has 1 rings (SSSR count). The maximum Gasteiger partial charge on any atom is 0.123 e. The highest BCUT2D eigenvalue weighted by Gasteiger charge is 2.14. The van der Waals surface area contributed by atoms with E-state index in [9.17, 15) is 4.39 Å². The van der Waals surface area contributed by atoms with Crippen molar-refractivity contribution in [3.8, 4) is 0 Å². The Morgan fingerprint density at radius 1 is 1.11 bits per heavy atom. The lowest BCUT2D eigenvalue weighted by molar-refractivity contribution is 0.235. The zero-order valence-corrected chi connectivity index (χ0v) is 11.6. The van der Waals surface area contributed by atoms with Crippen LogP contribution in [0.5, 0.6) is 0 Å². The molecule has 0 bridgehead atoms. The molecule has 102 valence electrons. The number of likely N-dealkylation sites (N-methyl/N-ethyl adjacent to an activating group) is 1. The number of hydrogen-bond donors (Lipinski definition) is 1. The van der Waals surface area contributed by atoms with Crippen molar-refractivity contribution >= 4 is 0 Å². The van der Waals surface area contributed by atoms with Crippen LogP contribution in [0.3, 0.4) is 0 Å². The minimum absolute atomic E-state index is 0.160. The molecule has 1 unspecified atom stereocenters. The fraction of sp³-hybridized carbons (Fsp3) is 0.571. The van der Waals surface area contributed by atoms with Gasteiger partial charge in [-0.25, -0.2) is 4.39 Å². The topological polar surface area (TPSA) is 32.5 Å². The second kappa shape index (κ2) is 7.46. The van der Waals surface area contributed by atoms with E-state index < -0.39 is 0 Å². The molecule has 0 spiro atoms. The summed E-state index contributed by atoms with van der Waals surface area (Å²) in [7, 11) is 6.21. The molecule has 4 heteroatoms. The molecule has 0 amide bonds. The van der Waals surface area contributed by atoms with Crippen LogP contribution < -0.4 is 5.73 Å². The summed E-state index contributed by atoms with van der Waals surface area (Å²) >= 11 is 0. The molecule has 0 aromatic heterocycles. The Labute approximate surface area is 109 Å². The predicted octanol–water partition coefficient (Wildman–Crippen LogP) is 1.71. The molecule has 0 saturated heterocycles. The van der Waals surface area contributed by atoms with Crippen molar-refractivity contribution in [2.24, 2.45) is 5.73 Å². The molecule has 0 aliphatic rings. The highest BCUT2D eigenvalue weighted by Crippen LogP contribution is 2.18. The Bertz CT molecular complexity index is 337. The van der Waals surface area contributed by atoms with Crippen LogP contribution in [-0.2, 0) is 0 Å². The summed E-state index contributed by atoms with van der Waals surface area (Å²) in [6.07, 6.45) is 1.10. The van der Waals surface area contributed by atoms with Crippen LogP contribution in [0, 0.1) is 5.82 Å². The lowest BCUT2D eigenvalue weighted by Crippen LogP contribution is -2.32. The first kappa shape index (κ1) is 15.1. The maximum atomic E-state index is 12.9. The van der Waals surface area contributed by atoms with E-state index in [0.717, 1.165) is 25.1 Å². The molecular weight excluding hydrogens is 229 g/mol. The Balaban J connectivity index is 2.56. The molecule has 3 nitrogen and oxygen atoms in total. The third-order valence-electron chi connectivity index (χ3n) is 3.13. The standard InChI is InChI=1S/C14H24FN3/c1-17(2)9-4-10-18(3)14(11-16)12-5-7-13(15)8-6-12/h5-8,14H,4,9-11,16H2,1-3H3. The summed E-state index contributed by atoms with van der Waals surface area (Å²) in [5.74, 6) is -0.204. The average Bonchev–Trinajstić information content (AvgIpc) is 2.32. The summed E-state index contributed by atoms with van der Waals surface area (Å²) in [5.41, 5.74) is 6.90. The minimum Gasteiger partial charge on any atom is -0.329 e. The number of benzene rings is 1. The first-order chi connectivity index (χ1) is 8.54. The number of nitrogens with zero attached hydrogens (tertiary/aromatic N) is 2. The smallest absolute Gasteiger partial charge is 0.123 e. The second-order valence-electron chi connectivity index (χ2n) is 4.94. The molecule has 0 aliphatic heterocycles. The van der Waals surface area contributed by atoms with Crippen LogP contribution >= 0.6 is 0 Å². The van der Waals surface area contributed by atoms with Gasteiger partial charge in [-0.05, 0) is 58.3 Å². The largest absolute Gasteiger partial charge is 0.329 e. The van der Waals surface area contributed by atoms with E-state index in [0.29, 0.717) is 6.54 Å². The Morgan fingerprint density at radius 2 is 1.72 bits per heavy atom. The summed E-state index contributed by atoms with van der Waals surface area (Å²) in [5, 5.41) is 0. The quantitative estimate of drug-likeness (QED) is 0.803. The summed E-state index contributed by atoms with van der Waals surface area (Å²) in [6.45, 7) is 2.59. The van der Waals surface area contributed by atoms with Gasteiger partial charge in [0.2, 0.25) is 0 Å². The minimum atomic E-state index is -0.204. The van der Waals surface area contributed by atoms with E-state index in [1.54, 1.807) is 0 Å². The van der Waals surface area contributed by atoms with Gasteiger partial charge in [0.1, 0.15) is 5.82 Å². The summed E-state index contributed by atoms with van der Waals surface area (Å²) in [6, 6.07) is 6.77. The summed E-state index contributed by atoms with van der Waals surface area (Å²) < 4.78 is 12.9. The van der Waals surface area contributed by atoms with Crippen molar-refractivity contribution in [1.29, 1.82) is 0 Å². The Morgan fingerprint density at radius 3 is 2.22 bits per heavy atom. The van der Waals surface area contributed by atoms with Crippen LogP contribution in [-0.4, -0.2) is 50.6 Å². The fourth-order valence-electron chi connectivity index (χ4n) is 2.05. The molecule has 0 heterocycles. The zero-order valence-electron chi connectivity index (χ0n) is 11.6. The monoisotopic (exact) mass is 253 g/mol. The van der Waals surface area contributed by atoms with Gasteiger partial charge < -0.3 is 10.6 Å². The fourth-order valence-corrected chi connectivity index (χ4v) is 2.05. The molecule has 0 fully saturated rings. The van der Waals surface area contributed by atoms with E-state index in [1.165, 1.54) is 12.1 Å². The van der Waals surface area contributed by atoms with Gasteiger partial charge >= 0.3 is 0 Å². The third-order valence-corrected chi connectivity index (χ3v) is 3.13. The molecule has 1 aromatic carbocycles. The molecule has 1 aromatic rings. The Hall–Kier alpha value is -0.970. The second-order valence-corrected chi connectivity index (χ2v) is 4.94. The van der Waals surface area contributed by atoms with Crippen molar-refractivity contribution in [3.63, 3.8) is 0 Å². The van der Waals surface area contributed by atoms with E-state index in [-0.39, 0.29) is 11.9 Å². The zero-order chi connectivity index (χ0) is 13.5. The van der Waals surface area contributed by atoms with Crippen LogP contribution in [0.15, 0.2) is 24.3 Å². The van der Waals surface area contributed by atoms with Gasteiger partial charge in [-0.1, -0.05) is 12.1 Å². The Kier molecular flexibility index (Phi) is 6.25. The highest BCUT2D eigenvalue weighted by atomic mass is 19.1. The molecule has 0 saturated carbocycles. The van der Waals surface area contributed by atoms with Crippen molar-refractivity contribution in [2.45, 2.75) is 12.5 Å². The predicted molar refractivity (Wildman–Crippen MR) is 74.0 cm³/mol. The van der Waals surface area contributed by atoms with Crippen molar-refractivity contribution < 1.29 is 4.39 Å². The van der Waals surface area contributed by atoms with Gasteiger partial charge in [-0.3, -0.25) is 4.90 Å². The van der Waals surface area contributed by atoms with E-state index >= 15 is 0 Å². The van der Waals surface area contributed by atoms with Gasteiger partial charge in [-0.2, -0.15) is 0 Å². The number of hydrogen-bond acceptors (Lipinski definition) is 3. The van der Waals surface area contributed by atoms with Crippen molar-refractivity contribution in [2.75, 3.05) is 40.8 Å². The molecule has 0 aliphatic carbocycles. The van der Waals surface area contributed by atoms with Crippen molar-refractivity contribution in [1.82, 2.24) is 9.80 Å². The highest BCUT2D eigenvalue weighted by molar-refractivity contribution is 5.20. The number of halogens is 1. The van der Waals surface area contributed by atoms with Gasteiger partial charge in [-0.15, -0.1) is 0 Å². The molecular formula is C14H24FN3. The average molecular weight is 253 g/mol. The first-order valence-electron chi connectivity index (χ1n) is 6.35. The van der Waals surface area contributed by atoms with Crippen LogP contribution in [0.1, 0.15) is 18.0 Å². The number of nitrogens with two attached hydrogens (primary N) is 1. The van der Waals surface area contributed by atoms with Crippen LogP contribution in [0.2, 0.25) is 0 Å². The lowest BCUT2D eigenvalue weighted by atomic mass is 10.1. The van der Waals surface area contributed by atoms with Gasteiger partial charge in [0, 0.05) is 12.6 Å². The van der Waals surface area contributed by atoms with Gasteiger partial charge in [0.05, 0.1) is 0 Å². The van der Waals surface area contributed by atoms with Gasteiger partial charge in [0.25, 0.3) is 0 Å². The van der Waals surface area contributed by atoms with Crippen LogP contribution in [0.4, 0.5) is 4.39 Å².